The molecule has 6 N–H and O–H groups in total. The number of carbonyl (C=O) groups excluding carboxylic acids is 2. The quantitative estimate of drug-likeness (QED) is 0.0149. The summed E-state index contributed by atoms with van der Waals surface area (Å²) in [6.45, 7) is 5.59. The molecule has 454 valence electrons. The first kappa shape index (κ1) is 73.6. The van der Waals surface area contributed by atoms with E-state index in [2.05, 4.69) is 68.6 Å². The molecule has 0 bridgehead atoms. The maximum Gasteiger partial charge on any atom is 0.306 e. The molecule has 1 rings (SSSR count). The number of ether oxygens (including phenoxy) is 3. The Morgan fingerprint density at radius 1 is 0.519 bits per heavy atom. The summed E-state index contributed by atoms with van der Waals surface area (Å²) < 4.78 is 17.6. The Balaban J connectivity index is 2.61. The van der Waals surface area contributed by atoms with Crippen LogP contribution in [0.1, 0.15) is 258 Å². The molecule has 8 atom stereocenters. The lowest BCUT2D eigenvalue weighted by atomic mass is 9.99. The minimum Gasteiger partial charge on any atom is -0.454 e. The number of aliphatic hydroxyl groups is 5. The lowest BCUT2D eigenvalue weighted by Crippen LogP contribution is -2.61. The van der Waals surface area contributed by atoms with Crippen LogP contribution < -0.4 is 5.32 Å². The molecular weight excluding hydrogens is 991 g/mol. The first-order valence-electron chi connectivity index (χ1n) is 32.1. The maximum atomic E-state index is 13.4. The van der Waals surface area contributed by atoms with Crippen molar-refractivity contribution in [2.45, 2.75) is 307 Å². The SMILES string of the molecule is CC/C=C/C=C/C=C\C=C/CCCCC(O)C(=O)NC(COC1OC(CO)C(O)C(O)C1OC(=O)CCCCCCCCCCCCCC/C=C\C/C=C\C/C=C\CCCCC)C(O)/C=C/CCCCCCCCCCCCC. The molecular formula is C68H117NO10. The summed E-state index contributed by atoms with van der Waals surface area (Å²) in [5, 5.41) is 56.9. The molecule has 11 heteroatoms. The van der Waals surface area contributed by atoms with Crippen LogP contribution in [-0.4, -0.2) is 99.6 Å². The van der Waals surface area contributed by atoms with Crippen molar-refractivity contribution in [3.63, 3.8) is 0 Å². The third-order valence-electron chi connectivity index (χ3n) is 14.6. The monoisotopic (exact) mass is 1110 g/mol. The highest BCUT2D eigenvalue weighted by atomic mass is 16.7. The molecule has 1 amide bonds. The van der Waals surface area contributed by atoms with Crippen molar-refractivity contribution in [1.29, 1.82) is 0 Å². The zero-order valence-electron chi connectivity index (χ0n) is 50.2. The molecule has 1 fully saturated rings. The average molecular weight is 1110 g/mol. The molecule has 11 nitrogen and oxygen atoms in total. The van der Waals surface area contributed by atoms with E-state index in [0.29, 0.717) is 12.8 Å². The smallest absolute Gasteiger partial charge is 0.306 e. The van der Waals surface area contributed by atoms with E-state index in [1.807, 2.05) is 48.6 Å². The van der Waals surface area contributed by atoms with E-state index in [1.54, 1.807) is 6.08 Å². The van der Waals surface area contributed by atoms with Crippen molar-refractivity contribution in [2.24, 2.45) is 0 Å². The molecule has 0 spiro atoms. The number of hydrogen-bond donors (Lipinski definition) is 6. The van der Waals surface area contributed by atoms with Gasteiger partial charge < -0.3 is 45.1 Å². The van der Waals surface area contributed by atoms with Crippen LogP contribution >= 0.6 is 0 Å². The van der Waals surface area contributed by atoms with E-state index in [1.165, 1.54) is 128 Å². The summed E-state index contributed by atoms with van der Waals surface area (Å²) in [7, 11) is 0. The van der Waals surface area contributed by atoms with Gasteiger partial charge in [-0.05, 0) is 83.5 Å². The van der Waals surface area contributed by atoms with Gasteiger partial charge in [0, 0.05) is 6.42 Å². The van der Waals surface area contributed by atoms with Gasteiger partial charge in [-0.25, -0.2) is 0 Å². The van der Waals surface area contributed by atoms with Gasteiger partial charge in [-0.3, -0.25) is 9.59 Å². The molecule has 1 aliphatic heterocycles. The maximum absolute atomic E-state index is 13.4. The fourth-order valence-corrected chi connectivity index (χ4v) is 9.49. The standard InChI is InChI=1S/C68H117NO10/c1-4-7-10-13-16-19-22-25-26-27-28-29-30-31-32-33-34-35-36-38-41-44-47-50-53-56-63(73)79-66-65(75)64(74)62(57-70)78-68(66)77-58-59(60(71)54-51-48-45-42-40-37-23-20-17-14-11-8-5-2)69-67(76)61(72)55-52-49-46-43-39-24-21-18-15-12-9-6-3/h9,12,15-16,18-19,21,24-26,28-29,39,43,51,54,59-62,64-66,68,70-72,74-75H,4-8,10-11,13-14,17,20,22-23,27,30-38,40-42,44-50,52-53,55-58H2,1-3H3,(H,69,76)/b12-9+,18-15+,19-16-,24-21-,26-25-,29-28-,43-39-,54-51+. The summed E-state index contributed by atoms with van der Waals surface area (Å²) in [6, 6.07) is -1.05. The van der Waals surface area contributed by atoms with Gasteiger partial charge in [0.05, 0.1) is 25.4 Å². The number of nitrogens with one attached hydrogen (secondary N) is 1. The first-order valence-corrected chi connectivity index (χ1v) is 32.1. The van der Waals surface area contributed by atoms with Crippen LogP contribution in [0.4, 0.5) is 0 Å². The number of rotatable bonds is 53. The molecule has 0 saturated carbocycles. The Kier molecular flexibility index (Phi) is 51.4. The van der Waals surface area contributed by atoms with Gasteiger partial charge in [-0.1, -0.05) is 266 Å². The fourth-order valence-electron chi connectivity index (χ4n) is 9.49. The number of carbonyl (C=O) groups is 2. The zero-order valence-corrected chi connectivity index (χ0v) is 50.2. The Morgan fingerprint density at radius 3 is 1.51 bits per heavy atom. The largest absolute Gasteiger partial charge is 0.454 e. The number of amides is 1. The minimum absolute atomic E-state index is 0.112. The lowest BCUT2D eigenvalue weighted by Gasteiger charge is -2.41. The van der Waals surface area contributed by atoms with Crippen molar-refractivity contribution in [3.8, 4) is 0 Å². The molecule has 0 radical (unpaired) electrons. The molecule has 8 unspecified atom stereocenters. The van der Waals surface area contributed by atoms with Gasteiger partial charge >= 0.3 is 5.97 Å². The van der Waals surface area contributed by atoms with Crippen molar-refractivity contribution < 1.29 is 49.3 Å². The van der Waals surface area contributed by atoms with E-state index in [0.717, 1.165) is 83.5 Å². The van der Waals surface area contributed by atoms with Gasteiger partial charge in [0.1, 0.15) is 24.4 Å². The summed E-state index contributed by atoms with van der Waals surface area (Å²) >= 11 is 0. The van der Waals surface area contributed by atoms with E-state index >= 15 is 0 Å². The van der Waals surface area contributed by atoms with Crippen LogP contribution in [0.3, 0.4) is 0 Å². The van der Waals surface area contributed by atoms with E-state index in [4.69, 9.17) is 14.2 Å². The zero-order chi connectivity index (χ0) is 57.5. The number of aliphatic hydroxyl groups excluding tert-OH is 5. The highest BCUT2D eigenvalue weighted by molar-refractivity contribution is 5.80. The van der Waals surface area contributed by atoms with Crippen molar-refractivity contribution in [1.82, 2.24) is 5.32 Å². The second-order valence-corrected chi connectivity index (χ2v) is 21.8. The molecule has 0 aromatic heterocycles. The van der Waals surface area contributed by atoms with Crippen LogP contribution in [0.25, 0.3) is 0 Å². The molecule has 1 saturated heterocycles. The number of allylic oxidation sites excluding steroid dienone is 15. The highest BCUT2D eigenvalue weighted by Gasteiger charge is 2.47. The van der Waals surface area contributed by atoms with Gasteiger partial charge in [-0.15, -0.1) is 0 Å². The Labute approximate surface area is 482 Å². The number of hydrogen-bond acceptors (Lipinski definition) is 10. The Morgan fingerprint density at radius 2 is 0.962 bits per heavy atom. The second kappa shape index (κ2) is 55.1. The molecule has 1 aliphatic rings. The van der Waals surface area contributed by atoms with Crippen molar-refractivity contribution >= 4 is 11.9 Å². The van der Waals surface area contributed by atoms with Gasteiger partial charge in [0.15, 0.2) is 12.4 Å². The van der Waals surface area contributed by atoms with Gasteiger partial charge in [0.25, 0.3) is 0 Å². The van der Waals surface area contributed by atoms with E-state index < -0.39 is 67.4 Å². The molecule has 0 aliphatic carbocycles. The van der Waals surface area contributed by atoms with Crippen LogP contribution in [0.15, 0.2) is 97.2 Å². The normalized spacial score (nSPS) is 19.5. The summed E-state index contributed by atoms with van der Waals surface area (Å²) in [5.74, 6) is -1.24. The molecule has 0 aromatic rings. The van der Waals surface area contributed by atoms with Crippen LogP contribution in [0.2, 0.25) is 0 Å². The summed E-state index contributed by atoms with van der Waals surface area (Å²) in [4.78, 5) is 26.5. The average Bonchev–Trinajstić information content (AvgIpc) is 3.51. The van der Waals surface area contributed by atoms with Gasteiger partial charge in [-0.2, -0.15) is 0 Å². The third-order valence-corrected chi connectivity index (χ3v) is 14.6. The summed E-state index contributed by atoms with van der Waals surface area (Å²) in [6.07, 6.45) is 63.1. The van der Waals surface area contributed by atoms with E-state index in [-0.39, 0.29) is 19.4 Å². The number of esters is 1. The topological polar surface area (TPSA) is 175 Å². The number of unbranched alkanes of at least 4 members (excludes halogenated alkanes) is 28. The van der Waals surface area contributed by atoms with Crippen molar-refractivity contribution in [3.05, 3.63) is 97.2 Å². The van der Waals surface area contributed by atoms with Crippen LogP contribution in [0.5, 0.6) is 0 Å². The highest BCUT2D eigenvalue weighted by Crippen LogP contribution is 2.26. The third kappa shape index (κ3) is 43.0. The predicted octanol–water partition coefficient (Wildman–Crippen LogP) is 15.5. The lowest BCUT2D eigenvalue weighted by molar-refractivity contribution is -0.305. The van der Waals surface area contributed by atoms with Crippen LogP contribution in [-0.2, 0) is 23.8 Å². The minimum atomic E-state index is -1.63. The Bertz CT molecular complexity index is 1650. The van der Waals surface area contributed by atoms with Crippen LogP contribution in [0, 0.1) is 0 Å². The summed E-state index contributed by atoms with van der Waals surface area (Å²) in [5.41, 5.74) is 0. The molecule has 1 heterocycles. The first-order chi connectivity index (χ1) is 38.7. The van der Waals surface area contributed by atoms with Crippen molar-refractivity contribution in [2.75, 3.05) is 13.2 Å². The van der Waals surface area contributed by atoms with E-state index in [9.17, 15) is 35.1 Å². The Hall–Kier alpha value is -3.42. The second-order valence-electron chi connectivity index (χ2n) is 21.8. The molecule has 79 heavy (non-hydrogen) atoms. The molecule has 0 aromatic carbocycles. The fraction of sp³-hybridized carbons (Fsp3) is 0.735. The predicted molar refractivity (Wildman–Crippen MR) is 329 cm³/mol. The van der Waals surface area contributed by atoms with Gasteiger partial charge in [0.2, 0.25) is 5.91 Å².